The van der Waals surface area contributed by atoms with Crippen molar-refractivity contribution in [2.24, 2.45) is 5.84 Å². The fourth-order valence-electron chi connectivity index (χ4n) is 2.19. The predicted molar refractivity (Wildman–Crippen MR) is 77.1 cm³/mol. The van der Waals surface area contributed by atoms with Gasteiger partial charge < -0.3 is 0 Å². The molecule has 3 atom stereocenters. The van der Waals surface area contributed by atoms with Crippen molar-refractivity contribution in [3.63, 3.8) is 0 Å². The monoisotopic (exact) mass is 269 g/mol. The number of hydrogen-bond donors (Lipinski definition) is 2. The molecule has 1 fully saturated rings. The lowest BCUT2D eigenvalue weighted by atomic mass is 10.0. The molecule has 5 heteroatoms. The van der Waals surface area contributed by atoms with Gasteiger partial charge >= 0.3 is 0 Å². The van der Waals surface area contributed by atoms with Crippen LogP contribution in [0.15, 0.2) is 24.5 Å². The molecule has 0 saturated carbocycles. The number of pyridine rings is 1. The normalized spacial score (nSPS) is 26.7. The van der Waals surface area contributed by atoms with Crippen LogP contribution < -0.4 is 11.3 Å². The SMILES string of the molecule is CCC1SCCSC1C(NN)c1cccnc1. The van der Waals surface area contributed by atoms with Crippen LogP contribution in [-0.2, 0) is 0 Å². The lowest BCUT2D eigenvalue weighted by Gasteiger charge is -2.35. The first-order valence-corrected chi connectivity index (χ1v) is 8.05. The fourth-order valence-corrected chi connectivity index (χ4v) is 5.42. The Morgan fingerprint density at radius 2 is 2.35 bits per heavy atom. The van der Waals surface area contributed by atoms with E-state index in [1.807, 2.05) is 24.0 Å². The minimum atomic E-state index is 0.200. The van der Waals surface area contributed by atoms with Crippen LogP contribution in [0.2, 0.25) is 0 Å². The van der Waals surface area contributed by atoms with Crippen molar-refractivity contribution in [3.05, 3.63) is 30.1 Å². The van der Waals surface area contributed by atoms with Crippen LogP contribution in [0.25, 0.3) is 0 Å². The Bertz CT molecular complexity index is 334. The Labute approximate surface area is 111 Å². The van der Waals surface area contributed by atoms with E-state index >= 15 is 0 Å². The number of thioether (sulfide) groups is 2. The van der Waals surface area contributed by atoms with E-state index in [1.165, 1.54) is 23.5 Å². The Kier molecular flexibility index (Phi) is 5.16. The molecule has 3 nitrogen and oxygen atoms in total. The van der Waals surface area contributed by atoms with Crippen molar-refractivity contribution in [3.8, 4) is 0 Å². The molecule has 0 amide bonds. The van der Waals surface area contributed by atoms with E-state index in [1.54, 1.807) is 6.20 Å². The second-order valence-corrected chi connectivity index (χ2v) is 6.72. The third-order valence-corrected chi connectivity index (χ3v) is 6.40. The number of nitrogens with one attached hydrogen (secondary N) is 1. The molecule has 94 valence electrons. The van der Waals surface area contributed by atoms with Crippen molar-refractivity contribution in [2.75, 3.05) is 11.5 Å². The van der Waals surface area contributed by atoms with Crippen molar-refractivity contribution in [1.29, 1.82) is 0 Å². The molecule has 2 rings (SSSR count). The van der Waals surface area contributed by atoms with Crippen molar-refractivity contribution in [1.82, 2.24) is 10.4 Å². The summed E-state index contributed by atoms with van der Waals surface area (Å²) < 4.78 is 0. The van der Waals surface area contributed by atoms with Crippen LogP contribution >= 0.6 is 23.5 Å². The Morgan fingerprint density at radius 3 is 3.00 bits per heavy atom. The minimum Gasteiger partial charge on any atom is -0.271 e. The summed E-state index contributed by atoms with van der Waals surface area (Å²) in [5.74, 6) is 8.22. The molecule has 0 bridgehead atoms. The average Bonchev–Trinajstić information content (AvgIpc) is 2.41. The van der Waals surface area contributed by atoms with Crippen molar-refractivity contribution >= 4 is 23.5 Å². The van der Waals surface area contributed by atoms with E-state index in [-0.39, 0.29) is 6.04 Å². The number of hydrogen-bond acceptors (Lipinski definition) is 5. The molecule has 1 aromatic heterocycles. The molecule has 1 aliphatic rings. The lowest BCUT2D eigenvalue weighted by molar-refractivity contribution is 0.512. The average molecular weight is 269 g/mol. The van der Waals surface area contributed by atoms with E-state index in [9.17, 15) is 0 Å². The highest BCUT2D eigenvalue weighted by atomic mass is 32.2. The van der Waals surface area contributed by atoms with Gasteiger partial charge in [-0.3, -0.25) is 16.3 Å². The number of aromatic nitrogens is 1. The number of nitrogens with zero attached hydrogens (tertiary/aromatic N) is 1. The van der Waals surface area contributed by atoms with Gasteiger partial charge in [0.2, 0.25) is 0 Å². The maximum Gasteiger partial charge on any atom is 0.0604 e. The molecule has 1 saturated heterocycles. The lowest BCUT2D eigenvalue weighted by Crippen LogP contribution is -2.41. The van der Waals surface area contributed by atoms with E-state index < -0.39 is 0 Å². The summed E-state index contributed by atoms with van der Waals surface area (Å²) >= 11 is 4.11. The van der Waals surface area contributed by atoms with E-state index in [0.29, 0.717) is 10.5 Å². The van der Waals surface area contributed by atoms with Crippen LogP contribution in [0.5, 0.6) is 0 Å². The molecule has 0 aliphatic carbocycles. The number of hydrazine groups is 1. The maximum atomic E-state index is 5.75. The van der Waals surface area contributed by atoms with Crippen LogP contribution in [0.1, 0.15) is 24.9 Å². The second kappa shape index (κ2) is 6.64. The smallest absolute Gasteiger partial charge is 0.0604 e. The quantitative estimate of drug-likeness (QED) is 0.648. The standard InChI is InChI=1S/C12H19N3S2/c1-2-10-12(17-7-6-16-10)11(15-13)9-4-3-5-14-8-9/h3-5,8,10-12,15H,2,6-7,13H2,1H3. The summed E-state index contributed by atoms with van der Waals surface area (Å²) in [6.45, 7) is 2.26. The zero-order chi connectivity index (χ0) is 12.1. The van der Waals surface area contributed by atoms with E-state index in [2.05, 4.69) is 35.2 Å². The maximum absolute atomic E-state index is 5.75. The molecule has 0 spiro atoms. The number of rotatable bonds is 4. The highest BCUT2D eigenvalue weighted by molar-refractivity contribution is 8.07. The first-order valence-electron chi connectivity index (χ1n) is 5.96. The van der Waals surface area contributed by atoms with Gasteiger partial charge in [0, 0.05) is 34.4 Å². The van der Waals surface area contributed by atoms with Gasteiger partial charge in [-0.05, 0) is 18.1 Å². The zero-order valence-electron chi connectivity index (χ0n) is 10.0. The summed E-state index contributed by atoms with van der Waals surface area (Å²) in [4.78, 5) is 4.19. The summed E-state index contributed by atoms with van der Waals surface area (Å²) in [5.41, 5.74) is 4.17. The molecular formula is C12H19N3S2. The molecule has 3 N–H and O–H groups in total. The molecule has 0 aromatic carbocycles. The van der Waals surface area contributed by atoms with Gasteiger partial charge in [-0.2, -0.15) is 23.5 Å². The van der Waals surface area contributed by atoms with Gasteiger partial charge in [0.15, 0.2) is 0 Å². The highest BCUT2D eigenvalue weighted by Crippen LogP contribution is 2.39. The summed E-state index contributed by atoms with van der Waals surface area (Å²) in [7, 11) is 0. The first kappa shape index (κ1) is 13.2. The fraction of sp³-hybridized carbons (Fsp3) is 0.583. The van der Waals surface area contributed by atoms with Crippen molar-refractivity contribution in [2.45, 2.75) is 29.9 Å². The summed E-state index contributed by atoms with van der Waals surface area (Å²) in [5, 5.41) is 1.21. The van der Waals surface area contributed by atoms with Crippen LogP contribution in [0.4, 0.5) is 0 Å². The Hall–Kier alpha value is -0.230. The second-order valence-electron chi connectivity index (χ2n) is 4.08. The third kappa shape index (κ3) is 3.16. The third-order valence-electron chi connectivity index (χ3n) is 3.05. The topological polar surface area (TPSA) is 50.9 Å². The highest BCUT2D eigenvalue weighted by Gasteiger charge is 2.32. The van der Waals surface area contributed by atoms with Gasteiger partial charge in [-0.15, -0.1) is 0 Å². The number of nitrogens with two attached hydrogens (primary N) is 1. The van der Waals surface area contributed by atoms with E-state index in [0.717, 1.165) is 0 Å². The van der Waals surface area contributed by atoms with Gasteiger partial charge in [-0.25, -0.2) is 0 Å². The molecule has 0 radical (unpaired) electrons. The van der Waals surface area contributed by atoms with Crippen LogP contribution in [0, 0.1) is 0 Å². The van der Waals surface area contributed by atoms with Gasteiger partial charge in [0.1, 0.15) is 0 Å². The Morgan fingerprint density at radius 1 is 1.53 bits per heavy atom. The summed E-state index contributed by atoms with van der Waals surface area (Å²) in [6.07, 6.45) is 4.91. The molecular weight excluding hydrogens is 250 g/mol. The van der Waals surface area contributed by atoms with Gasteiger partial charge in [-0.1, -0.05) is 13.0 Å². The summed E-state index contributed by atoms with van der Waals surface area (Å²) in [6, 6.07) is 4.28. The zero-order valence-corrected chi connectivity index (χ0v) is 11.6. The van der Waals surface area contributed by atoms with Crippen LogP contribution in [-0.4, -0.2) is 27.0 Å². The molecule has 1 aromatic rings. The van der Waals surface area contributed by atoms with Crippen molar-refractivity contribution < 1.29 is 0 Å². The Balaban J connectivity index is 2.16. The molecule has 1 aliphatic heterocycles. The molecule has 2 heterocycles. The minimum absolute atomic E-state index is 0.200. The molecule has 3 unspecified atom stereocenters. The van der Waals surface area contributed by atoms with Crippen LogP contribution in [0.3, 0.4) is 0 Å². The van der Waals surface area contributed by atoms with Gasteiger partial charge in [0.25, 0.3) is 0 Å². The molecule has 17 heavy (non-hydrogen) atoms. The van der Waals surface area contributed by atoms with E-state index in [4.69, 9.17) is 5.84 Å². The van der Waals surface area contributed by atoms with Gasteiger partial charge in [0.05, 0.1) is 6.04 Å². The first-order chi connectivity index (χ1) is 8.36. The largest absolute Gasteiger partial charge is 0.271 e. The predicted octanol–water partition coefficient (Wildman–Crippen LogP) is 2.21.